The molecule has 0 radical (unpaired) electrons. The molecule has 0 aromatic carbocycles. The van der Waals surface area contributed by atoms with Crippen LogP contribution in [0.4, 0.5) is 0 Å². The van der Waals surface area contributed by atoms with Gasteiger partial charge in [0.05, 0.1) is 16.8 Å². The molecule has 0 saturated heterocycles. The SMILES string of the molecule is N#Cc1cn(O)c2nccc-2c1Cl. The van der Waals surface area contributed by atoms with Crippen LogP contribution in [0.15, 0.2) is 18.5 Å². The van der Waals surface area contributed by atoms with Crippen LogP contribution in [-0.2, 0) is 0 Å². The van der Waals surface area contributed by atoms with E-state index in [0.29, 0.717) is 16.4 Å². The van der Waals surface area contributed by atoms with Crippen LogP contribution < -0.4 is 0 Å². The van der Waals surface area contributed by atoms with Crippen molar-refractivity contribution in [3.8, 4) is 17.5 Å². The Labute approximate surface area is 78.9 Å². The third kappa shape index (κ3) is 1.02. The molecule has 2 aliphatic heterocycles. The first-order valence-corrected chi connectivity index (χ1v) is 3.86. The Balaban J connectivity index is 2.87. The Morgan fingerprint density at radius 3 is 3.08 bits per heavy atom. The standard InChI is InChI=1S/C8H4ClN3O/c9-7-5(3-10)4-12(13)8-6(7)1-2-11-8/h1-2,4,13H. The number of nitriles is 1. The average Bonchev–Trinajstić information content (AvgIpc) is 2.60. The van der Waals surface area contributed by atoms with Gasteiger partial charge in [-0.05, 0) is 6.07 Å². The van der Waals surface area contributed by atoms with Crippen LogP contribution in [0.2, 0.25) is 5.02 Å². The number of nitrogens with zero attached hydrogens (tertiary/aromatic N) is 3. The second kappa shape index (κ2) is 2.64. The van der Waals surface area contributed by atoms with Gasteiger partial charge in [-0.1, -0.05) is 11.6 Å². The van der Waals surface area contributed by atoms with Crippen molar-refractivity contribution >= 4 is 11.6 Å². The van der Waals surface area contributed by atoms with Crippen LogP contribution >= 0.6 is 11.6 Å². The summed E-state index contributed by atoms with van der Waals surface area (Å²) in [6.45, 7) is 0. The van der Waals surface area contributed by atoms with E-state index in [9.17, 15) is 5.21 Å². The van der Waals surface area contributed by atoms with Gasteiger partial charge < -0.3 is 5.21 Å². The summed E-state index contributed by atoms with van der Waals surface area (Å²) >= 11 is 5.87. The molecule has 2 rings (SSSR count). The second-order valence-corrected chi connectivity index (χ2v) is 2.87. The fourth-order valence-corrected chi connectivity index (χ4v) is 1.38. The Hall–Kier alpha value is -1.73. The first-order valence-electron chi connectivity index (χ1n) is 3.49. The van der Waals surface area contributed by atoms with E-state index >= 15 is 0 Å². The Kier molecular flexibility index (Phi) is 1.61. The molecule has 0 aromatic heterocycles. The molecule has 13 heavy (non-hydrogen) atoms. The van der Waals surface area contributed by atoms with Crippen LogP contribution in [0.3, 0.4) is 0 Å². The maximum Gasteiger partial charge on any atom is 0.176 e. The van der Waals surface area contributed by atoms with Crippen molar-refractivity contribution in [1.82, 2.24) is 9.71 Å². The fourth-order valence-electron chi connectivity index (χ4n) is 1.14. The summed E-state index contributed by atoms with van der Waals surface area (Å²) < 4.78 is 0.791. The van der Waals surface area contributed by atoms with Gasteiger partial charge in [0, 0.05) is 11.8 Å². The van der Waals surface area contributed by atoms with Gasteiger partial charge in [0.2, 0.25) is 0 Å². The predicted octanol–water partition coefficient (Wildman–Crippen LogP) is 1.75. The molecule has 0 bridgehead atoms. The molecule has 0 amide bonds. The lowest BCUT2D eigenvalue weighted by Gasteiger charge is -2.06. The molecule has 0 fully saturated rings. The third-order valence-electron chi connectivity index (χ3n) is 1.74. The fraction of sp³-hybridized carbons (Fsp3) is 0. The summed E-state index contributed by atoms with van der Waals surface area (Å²) in [5, 5.41) is 18.3. The van der Waals surface area contributed by atoms with Crippen molar-refractivity contribution < 1.29 is 5.21 Å². The summed E-state index contributed by atoms with van der Waals surface area (Å²) in [7, 11) is 0. The van der Waals surface area contributed by atoms with E-state index in [1.165, 1.54) is 12.4 Å². The van der Waals surface area contributed by atoms with Gasteiger partial charge >= 0.3 is 0 Å². The Morgan fingerprint density at radius 2 is 2.38 bits per heavy atom. The predicted molar refractivity (Wildman–Crippen MR) is 45.8 cm³/mol. The number of pyridine rings is 1. The maximum absolute atomic E-state index is 9.34. The zero-order valence-corrected chi connectivity index (χ0v) is 7.15. The first kappa shape index (κ1) is 7.90. The monoisotopic (exact) mass is 193 g/mol. The Morgan fingerprint density at radius 1 is 1.62 bits per heavy atom. The highest BCUT2D eigenvalue weighted by Crippen LogP contribution is 2.30. The number of rotatable bonds is 0. The van der Waals surface area contributed by atoms with E-state index in [0.717, 1.165) is 4.73 Å². The number of halogens is 1. The zero-order chi connectivity index (χ0) is 9.42. The lowest BCUT2D eigenvalue weighted by atomic mass is 10.2. The lowest BCUT2D eigenvalue weighted by Crippen LogP contribution is -2.00. The van der Waals surface area contributed by atoms with Gasteiger partial charge in [0.25, 0.3) is 0 Å². The van der Waals surface area contributed by atoms with Gasteiger partial charge in [0.1, 0.15) is 6.07 Å². The summed E-state index contributed by atoms with van der Waals surface area (Å²) in [4.78, 5) is 3.87. The summed E-state index contributed by atoms with van der Waals surface area (Å²) in [5.41, 5.74) is 0.799. The van der Waals surface area contributed by atoms with Gasteiger partial charge in [-0.15, -0.1) is 0 Å². The van der Waals surface area contributed by atoms with Crippen molar-refractivity contribution in [3.63, 3.8) is 0 Å². The first-order chi connectivity index (χ1) is 6.24. The molecule has 0 aromatic rings. The van der Waals surface area contributed by atoms with E-state index in [-0.39, 0.29) is 5.56 Å². The van der Waals surface area contributed by atoms with E-state index in [4.69, 9.17) is 16.9 Å². The summed E-state index contributed by atoms with van der Waals surface area (Å²) in [5.74, 6) is 0.351. The van der Waals surface area contributed by atoms with Gasteiger partial charge in [-0.3, -0.25) is 0 Å². The highest BCUT2D eigenvalue weighted by atomic mass is 35.5. The van der Waals surface area contributed by atoms with E-state index in [1.807, 2.05) is 6.07 Å². The molecule has 5 heteroatoms. The molecule has 4 nitrogen and oxygen atoms in total. The van der Waals surface area contributed by atoms with Crippen LogP contribution in [-0.4, -0.2) is 14.9 Å². The number of fused-ring (bicyclic) bond motifs is 1. The number of hydrogen-bond donors (Lipinski definition) is 1. The number of aromatic nitrogens is 2. The minimum Gasteiger partial charge on any atom is -0.427 e. The van der Waals surface area contributed by atoms with Gasteiger partial charge in [0.15, 0.2) is 5.82 Å². The minimum atomic E-state index is 0.227. The molecule has 2 aliphatic rings. The van der Waals surface area contributed by atoms with Crippen LogP contribution in [0.5, 0.6) is 0 Å². The normalized spacial score (nSPS) is 10.2. The average molecular weight is 194 g/mol. The van der Waals surface area contributed by atoms with Crippen LogP contribution in [0.25, 0.3) is 11.4 Å². The smallest absolute Gasteiger partial charge is 0.176 e. The highest BCUT2D eigenvalue weighted by molar-refractivity contribution is 6.34. The molecule has 0 unspecified atom stereocenters. The van der Waals surface area contributed by atoms with E-state index in [2.05, 4.69) is 4.98 Å². The molecular weight excluding hydrogens is 190 g/mol. The zero-order valence-electron chi connectivity index (χ0n) is 6.40. The Bertz CT molecular complexity index is 471. The van der Waals surface area contributed by atoms with Crippen LogP contribution in [0.1, 0.15) is 5.56 Å². The topological polar surface area (TPSA) is 61.8 Å². The van der Waals surface area contributed by atoms with Gasteiger partial charge in [-0.2, -0.15) is 9.99 Å². The molecule has 2 heterocycles. The van der Waals surface area contributed by atoms with Gasteiger partial charge in [-0.25, -0.2) is 4.98 Å². The molecule has 64 valence electrons. The lowest BCUT2D eigenvalue weighted by molar-refractivity contribution is 0.186. The molecular formula is C8H4ClN3O. The highest BCUT2D eigenvalue weighted by Gasteiger charge is 2.15. The molecule has 0 atom stereocenters. The summed E-state index contributed by atoms with van der Waals surface area (Å²) in [6.07, 6.45) is 2.75. The van der Waals surface area contributed by atoms with E-state index < -0.39 is 0 Å². The van der Waals surface area contributed by atoms with Crippen molar-refractivity contribution in [1.29, 1.82) is 5.26 Å². The van der Waals surface area contributed by atoms with Crippen molar-refractivity contribution in [2.75, 3.05) is 0 Å². The molecule has 0 spiro atoms. The van der Waals surface area contributed by atoms with Crippen molar-refractivity contribution in [3.05, 3.63) is 29.0 Å². The van der Waals surface area contributed by atoms with Crippen molar-refractivity contribution in [2.24, 2.45) is 0 Å². The number of hydrogen-bond acceptors (Lipinski definition) is 3. The molecule has 1 N–H and O–H groups in total. The summed E-state index contributed by atoms with van der Waals surface area (Å²) in [6, 6.07) is 3.52. The molecule has 0 aliphatic carbocycles. The molecule has 0 saturated carbocycles. The quantitative estimate of drug-likeness (QED) is 0.649. The minimum absolute atomic E-state index is 0.227. The van der Waals surface area contributed by atoms with Crippen molar-refractivity contribution in [2.45, 2.75) is 0 Å². The van der Waals surface area contributed by atoms with E-state index in [1.54, 1.807) is 6.07 Å². The largest absolute Gasteiger partial charge is 0.427 e. The van der Waals surface area contributed by atoms with Crippen LogP contribution in [0, 0.1) is 11.3 Å². The maximum atomic E-state index is 9.34. The third-order valence-corrected chi connectivity index (χ3v) is 2.15. The second-order valence-electron chi connectivity index (χ2n) is 2.50.